The third kappa shape index (κ3) is 1.32. The van der Waals surface area contributed by atoms with E-state index in [1.54, 1.807) is 0 Å². The summed E-state index contributed by atoms with van der Waals surface area (Å²) in [6.07, 6.45) is 1.15. The molecule has 0 spiro atoms. The average molecular weight is 176 g/mol. The van der Waals surface area contributed by atoms with Crippen molar-refractivity contribution in [3.8, 4) is 0 Å². The largest absolute Gasteiger partial charge is 0.281 e. The fourth-order valence-electron chi connectivity index (χ4n) is 1.56. The Morgan fingerprint density at radius 2 is 2.23 bits per heavy atom. The molecule has 1 aromatic carbocycles. The van der Waals surface area contributed by atoms with Crippen molar-refractivity contribution in [2.75, 3.05) is 0 Å². The van der Waals surface area contributed by atoms with Crippen LogP contribution < -0.4 is 0 Å². The number of nitrogens with zero attached hydrogens (tertiary/aromatic N) is 1. The minimum atomic E-state index is 0. The van der Waals surface area contributed by atoms with Gasteiger partial charge in [-0.15, -0.1) is 0 Å². The zero-order chi connectivity index (χ0) is 9.26. The smallest absolute Gasteiger partial charge is 0.0923 e. The van der Waals surface area contributed by atoms with Gasteiger partial charge in [0, 0.05) is 12.5 Å². The second-order valence-electron chi connectivity index (χ2n) is 3.46. The van der Waals surface area contributed by atoms with E-state index in [1.807, 2.05) is 12.1 Å². The van der Waals surface area contributed by atoms with Crippen LogP contribution in [0.2, 0.25) is 0 Å². The van der Waals surface area contributed by atoms with Gasteiger partial charge in [-0.2, -0.15) is 5.10 Å². The van der Waals surface area contributed by atoms with Crippen molar-refractivity contribution in [2.24, 2.45) is 0 Å². The van der Waals surface area contributed by atoms with Crippen molar-refractivity contribution in [3.63, 3.8) is 0 Å². The summed E-state index contributed by atoms with van der Waals surface area (Å²) in [4.78, 5) is 0. The van der Waals surface area contributed by atoms with Crippen LogP contribution in [0.1, 0.15) is 33.3 Å². The van der Waals surface area contributed by atoms with Gasteiger partial charge in [0.2, 0.25) is 0 Å². The second-order valence-corrected chi connectivity index (χ2v) is 3.46. The molecule has 1 aromatic heterocycles. The number of H-pyrrole nitrogens is 1. The Bertz CT molecular complexity index is 408. The van der Waals surface area contributed by atoms with Gasteiger partial charge in [-0.05, 0) is 18.4 Å². The summed E-state index contributed by atoms with van der Waals surface area (Å²) in [7, 11) is 0. The lowest BCUT2D eigenvalue weighted by Crippen LogP contribution is -1.91. The van der Waals surface area contributed by atoms with Crippen LogP contribution in [0, 0.1) is 0 Å². The Morgan fingerprint density at radius 3 is 3.00 bits per heavy atom. The first-order chi connectivity index (χ1) is 6.33. The predicted octanol–water partition coefficient (Wildman–Crippen LogP) is 3.32. The van der Waals surface area contributed by atoms with E-state index in [1.165, 1.54) is 11.1 Å². The van der Waals surface area contributed by atoms with E-state index in [0.29, 0.717) is 5.92 Å². The van der Waals surface area contributed by atoms with Crippen molar-refractivity contribution < 1.29 is 1.43 Å². The molecule has 0 saturated heterocycles. The van der Waals surface area contributed by atoms with Crippen molar-refractivity contribution >= 4 is 10.9 Å². The van der Waals surface area contributed by atoms with Crippen LogP contribution in [-0.2, 0) is 0 Å². The van der Waals surface area contributed by atoms with Gasteiger partial charge in [-0.25, -0.2) is 0 Å². The molecule has 0 amide bonds. The maximum Gasteiger partial charge on any atom is 0.0923 e. The van der Waals surface area contributed by atoms with Gasteiger partial charge in [0.1, 0.15) is 0 Å². The van der Waals surface area contributed by atoms with Crippen molar-refractivity contribution in [3.05, 3.63) is 30.0 Å². The van der Waals surface area contributed by atoms with Crippen LogP contribution in [0.3, 0.4) is 0 Å². The lowest BCUT2D eigenvalue weighted by atomic mass is 10.0. The van der Waals surface area contributed by atoms with Gasteiger partial charge < -0.3 is 0 Å². The zero-order valence-corrected chi connectivity index (χ0v) is 8.04. The highest BCUT2D eigenvalue weighted by Crippen LogP contribution is 2.24. The highest BCUT2D eigenvalue weighted by atomic mass is 15.1. The zero-order valence-electron chi connectivity index (χ0n) is 8.04. The minimum absolute atomic E-state index is 0. The van der Waals surface area contributed by atoms with Crippen LogP contribution in [0.5, 0.6) is 0 Å². The summed E-state index contributed by atoms with van der Waals surface area (Å²) < 4.78 is 0. The molecule has 0 aliphatic carbocycles. The normalized spacial score (nSPS) is 13.4. The minimum Gasteiger partial charge on any atom is -0.281 e. The lowest BCUT2D eigenvalue weighted by molar-refractivity contribution is 0.708. The summed E-state index contributed by atoms with van der Waals surface area (Å²) in [6, 6.07) is 8.24. The maximum atomic E-state index is 4.26. The molecule has 0 radical (unpaired) electrons. The molecular weight excluding hydrogens is 160 g/mol. The first kappa shape index (κ1) is 8.30. The molecule has 2 heteroatoms. The molecule has 2 rings (SSSR count). The molecule has 70 valence electrons. The summed E-state index contributed by atoms with van der Waals surface area (Å²) >= 11 is 0. The summed E-state index contributed by atoms with van der Waals surface area (Å²) in [5.74, 6) is 0.562. The Balaban J connectivity index is 0.000000980. The Hall–Kier alpha value is -1.31. The van der Waals surface area contributed by atoms with E-state index in [2.05, 4.69) is 36.2 Å². The Labute approximate surface area is 79.5 Å². The standard InChI is InChI=1S/C11H14N2.H2/c1-3-8(2)11-9-6-4-5-7-10(9)12-13-11;/h4-8H,3H2,1-2H3,(H,12,13);1H. The SMILES string of the molecule is CCC(C)c1[nH]nc2ccccc12.[HH]. The van der Waals surface area contributed by atoms with E-state index in [9.17, 15) is 0 Å². The summed E-state index contributed by atoms with van der Waals surface area (Å²) in [6.45, 7) is 4.42. The molecule has 1 unspecified atom stereocenters. The molecule has 2 nitrogen and oxygen atoms in total. The summed E-state index contributed by atoms with van der Waals surface area (Å²) in [5.41, 5.74) is 2.33. The quantitative estimate of drug-likeness (QED) is 0.747. The monoisotopic (exact) mass is 176 g/mol. The van der Waals surface area contributed by atoms with Crippen LogP contribution in [0.15, 0.2) is 24.3 Å². The number of fused-ring (bicyclic) bond motifs is 1. The number of para-hydroxylation sites is 1. The molecule has 1 atom stereocenters. The average Bonchev–Trinajstić information content (AvgIpc) is 2.60. The molecule has 0 aliphatic heterocycles. The van der Waals surface area contributed by atoms with Crippen molar-refractivity contribution in [2.45, 2.75) is 26.2 Å². The van der Waals surface area contributed by atoms with E-state index >= 15 is 0 Å². The molecular formula is C11H16N2. The maximum absolute atomic E-state index is 4.26. The van der Waals surface area contributed by atoms with Gasteiger partial charge >= 0.3 is 0 Å². The molecule has 2 aromatic rings. The summed E-state index contributed by atoms with van der Waals surface area (Å²) in [5, 5.41) is 8.64. The Morgan fingerprint density at radius 1 is 1.46 bits per heavy atom. The first-order valence-electron chi connectivity index (χ1n) is 4.76. The van der Waals surface area contributed by atoms with Gasteiger partial charge in [0.25, 0.3) is 0 Å². The number of aromatic nitrogens is 2. The molecule has 13 heavy (non-hydrogen) atoms. The predicted molar refractivity (Wildman–Crippen MR) is 56.9 cm³/mol. The van der Waals surface area contributed by atoms with E-state index in [-0.39, 0.29) is 1.43 Å². The van der Waals surface area contributed by atoms with Gasteiger partial charge in [0.15, 0.2) is 0 Å². The van der Waals surface area contributed by atoms with Crippen LogP contribution in [0.25, 0.3) is 10.9 Å². The number of aromatic amines is 1. The number of rotatable bonds is 2. The lowest BCUT2D eigenvalue weighted by Gasteiger charge is -2.04. The second kappa shape index (κ2) is 3.21. The highest BCUT2D eigenvalue weighted by Gasteiger charge is 2.09. The molecule has 0 aliphatic rings. The van der Waals surface area contributed by atoms with Gasteiger partial charge in [-0.3, -0.25) is 5.10 Å². The van der Waals surface area contributed by atoms with Gasteiger partial charge in [0.05, 0.1) is 5.52 Å². The number of benzene rings is 1. The molecule has 1 N–H and O–H groups in total. The van der Waals surface area contributed by atoms with Crippen LogP contribution in [-0.4, -0.2) is 10.2 Å². The number of nitrogens with one attached hydrogen (secondary N) is 1. The highest BCUT2D eigenvalue weighted by molar-refractivity contribution is 5.81. The van der Waals surface area contributed by atoms with E-state index in [4.69, 9.17) is 0 Å². The fraction of sp³-hybridized carbons (Fsp3) is 0.364. The van der Waals surface area contributed by atoms with Crippen LogP contribution >= 0.6 is 0 Å². The van der Waals surface area contributed by atoms with Crippen LogP contribution in [0.4, 0.5) is 0 Å². The fourth-order valence-corrected chi connectivity index (χ4v) is 1.56. The molecule has 1 heterocycles. The number of hydrogen-bond donors (Lipinski definition) is 1. The van der Waals surface area contributed by atoms with E-state index in [0.717, 1.165) is 11.9 Å². The van der Waals surface area contributed by atoms with Crippen molar-refractivity contribution in [1.29, 1.82) is 0 Å². The van der Waals surface area contributed by atoms with Gasteiger partial charge in [-0.1, -0.05) is 32.0 Å². The topological polar surface area (TPSA) is 28.7 Å². The van der Waals surface area contributed by atoms with E-state index < -0.39 is 0 Å². The Kier molecular flexibility index (Phi) is 2.05. The first-order valence-corrected chi connectivity index (χ1v) is 4.76. The molecule has 0 bridgehead atoms. The third-order valence-corrected chi connectivity index (χ3v) is 2.60. The molecule has 0 saturated carbocycles. The number of hydrogen-bond acceptors (Lipinski definition) is 1. The third-order valence-electron chi connectivity index (χ3n) is 2.60. The van der Waals surface area contributed by atoms with Crippen molar-refractivity contribution in [1.82, 2.24) is 10.2 Å². The molecule has 0 fully saturated rings.